The topological polar surface area (TPSA) is 111 Å². The van der Waals surface area contributed by atoms with Crippen LogP contribution < -0.4 is 15.4 Å². The standard InChI is InChI=1S/C27H31N5O3/c1-17-12-19(4-6-23(17)27(34)31-20-15-32(16-20)10-11-33)25-13-22(8-9-30-25)35-21-5-7-24(18(2)28)26(14-21)29-3/h4-9,12-14,20,28-29,33H,10-11,15-16H2,1-3H3,(H,31,34). The first-order valence-corrected chi connectivity index (χ1v) is 11.6. The van der Waals surface area contributed by atoms with Gasteiger partial charge in [0.05, 0.1) is 18.3 Å². The lowest BCUT2D eigenvalue weighted by Crippen LogP contribution is -2.59. The average molecular weight is 474 g/mol. The summed E-state index contributed by atoms with van der Waals surface area (Å²) in [5, 5.41) is 23.1. The van der Waals surface area contributed by atoms with Crippen LogP contribution in [0.3, 0.4) is 0 Å². The summed E-state index contributed by atoms with van der Waals surface area (Å²) >= 11 is 0. The summed E-state index contributed by atoms with van der Waals surface area (Å²) in [7, 11) is 1.82. The molecule has 8 heteroatoms. The van der Waals surface area contributed by atoms with E-state index in [0.717, 1.165) is 41.2 Å². The normalized spacial score (nSPS) is 13.7. The molecule has 0 unspecified atom stereocenters. The highest BCUT2D eigenvalue weighted by atomic mass is 16.5. The van der Waals surface area contributed by atoms with Gasteiger partial charge in [0.15, 0.2) is 0 Å². The Morgan fingerprint density at radius 2 is 1.89 bits per heavy atom. The van der Waals surface area contributed by atoms with Gasteiger partial charge in [0.25, 0.3) is 5.91 Å². The first-order valence-electron chi connectivity index (χ1n) is 11.6. The summed E-state index contributed by atoms with van der Waals surface area (Å²) in [5.74, 6) is 1.22. The number of carbonyl (C=O) groups is 1. The van der Waals surface area contributed by atoms with E-state index in [0.29, 0.717) is 29.3 Å². The number of aryl methyl sites for hydroxylation is 1. The number of amides is 1. The molecule has 1 saturated heterocycles. The molecule has 0 saturated carbocycles. The highest BCUT2D eigenvalue weighted by molar-refractivity contribution is 6.01. The van der Waals surface area contributed by atoms with Crippen LogP contribution in [0, 0.1) is 12.3 Å². The molecule has 4 N–H and O–H groups in total. The Bertz CT molecular complexity index is 1240. The molecule has 0 aliphatic carbocycles. The van der Waals surface area contributed by atoms with Crippen molar-refractivity contribution < 1.29 is 14.6 Å². The van der Waals surface area contributed by atoms with Crippen molar-refractivity contribution in [3.63, 3.8) is 0 Å². The largest absolute Gasteiger partial charge is 0.457 e. The van der Waals surface area contributed by atoms with Gasteiger partial charge in [-0.15, -0.1) is 0 Å². The van der Waals surface area contributed by atoms with Crippen LogP contribution in [-0.2, 0) is 0 Å². The van der Waals surface area contributed by atoms with Crippen molar-refractivity contribution >= 4 is 17.3 Å². The fourth-order valence-corrected chi connectivity index (χ4v) is 4.22. The summed E-state index contributed by atoms with van der Waals surface area (Å²) in [6.07, 6.45) is 1.70. The van der Waals surface area contributed by atoms with Crippen molar-refractivity contribution in [3.05, 3.63) is 71.4 Å². The predicted octanol–water partition coefficient (Wildman–Crippen LogP) is 3.69. The molecule has 8 nitrogen and oxygen atoms in total. The summed E-state index contributed by atoms with van der Waals surface area (Å²) in [6.45, 7) is 5.97. The second-order valence-corrected chi connectivity index (χ2v) is 8.74. The zero-order valence-corrected chi connectivity index (χ0v) is 20.3. The molecule has 1 fully saturated rings. The Hall–Kier alpha value is -3.75. The summed E-state index contributed by atoms with van der Waals surface area (Å²) in [5.41, 5.74) is 5.30. The lowest BCUT2D eigenvalue weighted by atomic mass is 10.0. The molecule has 1 aliphatic heterocycles. The fraction of sp³-hybridized carbons (Fsp3) is 0.296. The highest BCUT2D eigenvalue weighted by Crippen LogP contribution is 2.30. The quantitative estimate of drug-likeness (QED) is 0.353. The molecule has 1 aliphatic rings. The molecule has 0 atom stereocenters. The first-order chi connectivity index (χ1) is 16.9. The van der Waals surface area contributed by atoms with Crippen LogP contribution >= 0.6 is 0 Å². The minimum atomic E-state index is -0.0864. The third-order valence-electron chi connectivity index (χ3n) is 6.11. The second-order valence-electron chi connectivity index (χ2n) is 8.74. The lowest BCUT2D eigenvalue weighted by molar-refractivity contribution is 0.0757. The number of aliphatic hydroxyl groups excluding tert-OH is 1. The van der Waals surface area contributed by atoms with Crippen molar-refractivity contribution in [2.24, 2.45) is 0 Å². The Labute approximate surface area is 205 Å². The molecular weight excluding hydrogens is 442 g/mol. The van der Waals surface area contributed by atoms with Gasteiger partial charge in [-0.3, -0.25) is 14.7 Å². The summed E-state index contributed by atoms with van der Waals surface area (Å²) in [6, 6.07) is 15.0. The van der Waals surface area contributed by atoms with Crippen LogP contribution in [0.15, 0.2) is 54.7 Å². The number of likely N-dealkylation sites (tertiary alicyclic amines) is 1. The number of β-amino-alcohol motifs (C(OH)–C–C–N with tert-alkyl or cyclic N) is 1. The van der Waals surface area contributed by atoms with Gasteiger partial charge in [-0.25, -0.2) is 0 Å². The van der Waals surface area contributed by atoms with Crippen molar-refractivity contribution in [1.82, 2.24) is 15.2 Å². The van der Waals surface area contributed by atoms with E-state index >= 15 is 0 Å². The van der Waals surface area contributed by atoms with Gasteiger partial charge in [-0.05, 0) is 49.7 Å². The fourth-order valence-electron chi connectivity index (χ4n) is 4.22. The number of ether oxygens (including phenoxy) is 1. The minimum Gasteiger partial charge on any atom is -0.457 e. The minimum absolute atomic E-state index is 0.0864. The molecule has 35 heavy (non-hydrogen) atoms. The maximum absolute atomic E-state index is 12.7. The SMILES string of the molecule is CNc1cc(Oc2ccnc(-c3ccc(C(=O)NC4CN(CCO)C4)c(C)c3)c2)ccc1C(C)=N. The van der Waals surface area contributed by atoms with Gasteiger partial charge in [-0.1, -0.05) is 6.07 Å². The number of rotatable bonds is 9. The molecule has 182 valence electrons. The molecule has 0 spiro atoms. The van der Waals surface area contributed by atoms with E-state index in [4.69, 9.17) is 15.3 Å². The van der Waals surface area contributed by atoms with Gasteiger partial charge >= 0.3 is 0 Å². The molecule has 0 bridgehead atoms. The molecule has 3 aromatic rings. The summed E-state index contributed by atoms with van der Waals surface area (Å²) in [4.78, 5) is 19.3. The van der Waals surface area contributed by atoms with Crippen molar-refractivity contribution in [3.8, 4) is 22.8 Å². The van der Waals surface area contributed by atoms with Gasteiger partial charge in [-0.2, -0.15) is 0 Å². The Kier molecular flexibility index (Phi) is 7.43. The predicted molar refractivity (Wildman–Crippen MR) is 138 cm³/mol. The van der Waals surface area contributed by atoms with Gasteiger partial charge in [0.1, 0.15) is 11.5 Å². The first kappa shape index (κ1) is 24.4. The molecular formula is C27H31N5O3. The van der Waals surface area contributed by atoms with E-state index in [1.165, 1.54) is 0 Å². The van der Waals surface area contributed by atoms with Gasteiger partial charge < -0.3 is 25.9 Å². The Morgan fingerprint density at radius 1 is 1.14 bits per heavy atom. The number of benzene rings is 2. The monoisotopic (exact) mass is 473 g/mol. The Morgan fingerprint density at radius 3 is 2.57 bits per heavy atom. The van der Waals surface area contributed by atoms with Gasteiger partial charge in [0.2, 0.25) is 0 Å². The van der Waals surface area contributed by atoms with Crippen molar-refractivity contribution in [2.45, 2.75) is 19.9 Å². The van der Waals surface area contributed by atoms with Crippen LogP contribution in [0.5, 0.6) is 11.5 Å². The number of aromatic nitrogens is 1. The number of hydrogen-bond acceptors (Lipinski definition) is 7. The van der Waals surface area contributed by atoms with Crippen LogP contribution in [0.25, 0.3) is 11.3 Å². The maximum Gasteiger partial charge on any atom is 0.251 e. The van der Waals surface area contributed by atoms with E-state index in [1.807, 2.05) is 56.4 Å². The van der Waals surface area contributed by atoms with E-state index in [9.17, 15) is 4.79 Å². The van der Waals surface area contributed by atoms with E-state index in [1.54, 1.807) is 19.2 Å². The molecule has 2 aromatic carbocycles. The number of carbonyl (C=O) groups excluding carboxylic acids is 1. The van der Waals surface area contributed by atoms with Crippen molar-refractivity contribution in [2.75, 3.05) is 38.6 Å². The second kappa shape index (κ2) is 10.7. The molecule has 0 radical (unpaired) electrons. The number of aliphatic hydroxyl groups is 1. The lowest BCUT2D eigenvalue weighted by Gasteiger charge is -2.39. The molecule has 2 heterocycles. The zero-order chi connectivity index (χ0) is 24.9. The van der Waals surface area contributed by atoms with Crippen LogP contribution in [-0.4, -0.2) is 65.9 Å². The van der Waals surface area contributed by atoms with Crippen LogP contribution in [0.4, 0.5) is 5.69 Å². The van der Waals surface area contributed by atoms with E-state index < -0.39 is 0 Å². The zero-order valence-electron chi connectivity index (χ0n) is 20.3. The number of anilines is 1. The summed E-state index contributed by atoms with van der Waals surface area (Å²) < 4.78 is 6.06. The number of nitrogens with zero attached hydrogens (tertiary/aromatic N) is 2. The smallest absolute Gasteiger partial charge is 0.251 e. The molecule has 1 aromatic heterocycles. The maximum atomic E-state index is 12.7. The van der Waals surface area contributed by atoms with Crippen LogP contribution in [0.1, 0.15) is 28.4 Å². The number of nitrogens with one attached hydrogen (secondary N) is 3. The highest BCUT2D eigenvalue weighted by Gasteiger charge is 2.27. The molecule has 4 rings (SSSR count). The van der Waals surface area contributed by atoms with E-state index in [-0.39, 0.29) is 18.6 Å². The van der Waals surface area contributed by atoms with Crippen LogP contribution in [0.2, 0.25) is 0 Å². The Balaban J connectivity index is 1.46. The third-order valence-corrected chi connectivity index (χ3v) is 6.11. The third kappa shape index (κ3) is 5.67. The molecule has 1 amide bonds. The van der Waals surface area contributed by atoms with E-state index in [2.05, 4.69) is 20.5 Å². The number of hydrogen-bond donors (Lipinski definition) is 4. The van der Waals surface area contributed by atoms with Crippen molar-refractivity contribution in [1.29, 1.82) is 5.41 Å². The average Bonchev–Trinajstić information content (AvgIpc) is 2.82. The number of pyridine rings is 1. The van der Waals surface area contributed by atoms with Gasteiger partial charge in [0, 0.05) is 73.1 Å².